The Morgan fingerprint density at radius 1 is 1.14 bits per heavy atom. The molecule has 1 saturated carbocycles. The molecule has 1 aromatic rings. The fraction of sp³-hybridized carbons (Fsp3) is 0.667. The maximum absolute atomic E-state index is 13.2. The number of ether oxygens (including phenoxy) is 3. The summed E-state index contributed by atoms with van der Waals surface area (Å²) in [6, 6.07) is 5.81. The summed E-state index contributed by atoms with van der Waals surface area (Å²) in [6.45, 7) is 5.48. The average Bonchev–Trinajstić information content (AvgIpc) is 3.37. The van der Waals surface area contributed by atoms with Crippen molar-refractivity contribution < 1.29 is 28.6 Å². The van der Waals surface area contributed by atoms with Crippen molar-refractivity contribution in [2.75, 3.05) is 30.2 Å². The number of esters is 1. The predicted molar refractivity (Wildman–Crippen MR) is 148 cm³/mol. The van der Waals surface area contributed by atoms with Gasteiger partial charge in [0.05, 0.1) is 13.0 Å². The van der Waals surface area contributed by atoms with Crippen molar-refractivity contribution in [1.82, 2.24) is 10.2 Å². The minimum atomic E-state index is -0.801. The Balaban J connectivity index is 1.61. The highest BCUT2D eigenvalue weighted by Gasteiger charge is 2.38. The molecule has 0 radical (unpaired) electrons. The van der Waals surface area contributed by atoms with Crippen LogP contribution in [0.5, 0.6) is 5.75 Å². The van der Waals surface area contributed by atoms with Crippen LogP contribution >= 0.6 is 23.5 Å². The normalized spacial score (nSPS) is 19.2. The Morgan fingerprint density at radius 2 is 1.84 bits per heavy atom. The third kappa shape index (κ3) is 9.63. The van der Waals surface area contributed by atoms with E-state index in [-0.39, 0.29) is 12.5 Å². The first-order valence-electron chi connectivity index (χ1n) is 12.9. The molecule has 1 saturated heterocycles. The second-order valence-corrected chi connectivity index (χ2v) is 12.6. The Kier molecular flexibility index (Phi) is 11.3. The van der Waals surface area contributed by atoms with Crippen molar-refractivity contribution >= 4 is 41.5 Å². The highest BCUT2D eigenvalue weighted by atomic mass is 32.2. The van der Waals surface area contributed by atoms with E-state index in [4.69, 9.17) is 14.2 Å². The molecule has 0 spiro atoms. The highest BCUT2D eigenvalue weighted by molar-refractivity contribution is 7.99. The lowest BCUT2D eigenvalue weighted by atomic mass is 9.91. The maximum atomic E-state index is 13.2. The number of thioether (sulfide) groups is 2. The lowest BCUT2D eigenvalue weighted by molar-refractivity contribution is -0.148. The van der Waals surface area contributed by atoms with Crippen LogP contribution in [0.25, 0.3) is 0 Å². The van der Waals surface area contributed by atoms with Crippen molar-refractivity contribution in [2.45, 2.75) is 77.2 Å². The fourth-order valence-electron chi connectivity index (χ4n) is 4.28. The van der Waals surface area contributed by atoms with Gasteiger partial charge in [-0.15, -0.1) is 11.8 Å². The van der Waals surface area contributed by atoms with Crippen molar-refractivity contribution in [3.63, 3.8) is 0 Å². The zero-order valence-corrected chi connectivity index (χ0v) is 24.0. The van der Waals surface area contributed by atoms with Crippen LogP contribution in [0.15, 0.2) is 24.3 Å². The molecule has 0 unspecified atom stereocenters. The fourth-order valence-corrected chi connectivity index (χ4v) is 6.68. The molecule has 1 aromatic carbocycles. The molecule has 0 bridgehead atoms. The predicted octanol–water partition coefficient (Wildman–Crippen LogP) is 4.85. The van der Waals surface area contributed by atoms with Crippen LogP contribution in [-0.2, 0) is 25.7 Å². The number of carbonyl (C=O) groups excluding carboxylic acids is 3. The quantitative estimate of drug-likeness (QED) is 0.412. The Labute approximate surface area is 228 Å². The van der Waals surface area contributed by atoms with E-state index in [9.17, 15) is 14.4 Å². The summed E-state index contributed by atoms with van der Waals surface area (Å²) < 4.78 is 16.2. The first kappa shape index (κ1) is 29.5. The zero-order valence-electron chi connectivity index (χ0n) is 22.3. The van der Waals surface area contributed by atoms with Crippen molar-refractivity contribution in [3.05, 3.63) is 29.8 Å². The van der Waals surface area contributed by atoms with Crippen molar-refractivity contribution in [1.29, 1.82) is 0 Å². The number of amides is 2. The molecular formula is C27H40N2O6S2. The number of hydrogen-bond donors (Lipinski definition) is 1. The molecule has 2 atom stereocenters. The van der Waals surface area contributed by atoms with Gasteiger partial charge in [0.1, 0.15) is 30.0 Å². The molecule has 1 aliphatic carbocycles. The van der Waals surface area contributed by atoms with E-state index in [2.05, 4.69) is 5.32 Å². The number of nitrogens with one attached hydrogen (secondary N) is 1. The van der Waals surface area contributed by atoms with Crippen LogP contribution in [0.3, 0.4) is 0 Å². The maximum Gasteiger partial charge on any atom is 0.411 e. The average molecular weight is 553 g/mol. The summed E-state index contributed by atoms with van der Waals surface area (Å²) in [7, 11) is 1.60. The summed E-state index contributed by atoms with van der Waals surface area (Å²) >= 11 is 3.17. The Bertz CT molecular complexity index is 899. The molecule has 0 aromatic heterocycles. The van der Waals surface area contributed by atoms with E-state index >= 15 is 0 Å². The van der Waals surface area contributed by atoms with Gasteiger partial charge in [-0.25, -0.2) is 9.59 Å². The minimum Gasteiger partial charge on any atom is -0.497 e. The molecular weight excluding hydrogens is 512 g/mol. The highest BCUT2D eigenvalue weighted by Crippen LogP contribution is 2.27. The van der Waals surface area contributed by atoms with E-state index in [1.54, 1.807) is 39.6 Å². The molecule has 10 heteroatoms. The van der Waals surface area contributed by atoms with Crippen molar-refractivity contribution in [3.8, 4) is 5.75 Å². The van der Waals surface area contributed by atoms with Gasteiger partial charge in [0.15, 0.2) is 0 Å². The molecule has 37 heavy (non-hydrogen) atoms. The van der Waals surface area contributed by atoms with Crippen LogP contribution < -0.4 is 10.1 Å². The summed E-state index contributed by atoms with van der Waals surface area (Å²) in [6.07, 6.45) is 5.73. The van der Waals surface area contributed by atoms with Gasteiger partial charge in [0, 0.05) is 11.5 Å². The number of methoxy groups -OCH3 is 1. The molecule has 1 aliphatic heterocycles. The van der Waals surface area contributed by atoms with Gasteiger partial charge in [-0.05, 0) is 63.0 Å². The van der Waals surface area contributed by atoms with Gasteiger partial charge < -0.3 is 19.5 Å². The topological polar surface area (TPSA) is 94.2 Å². The lowest BCUT2D eigenvalue weighted by Gasteiger charge is -2.28. The molecule has 8 nitrogen and oxygen atoms in total. The zero-order chi connectivity index (χ0) is 26.8. The van der Waals surface area contributed by atoms with Gasteiger partial charge in [0.25, 0.3) is 0 Å². The van der Waals surface area contributed by atoms with E-state index in [0.717, 1.165) is 17.1 Å². The first-order valence-corrected chi connectivity index (χ1v) is 15.2. The summed E-state index contributed by atoms with van der Waals surface area (Å²) in [5, 5.41) is 2.88. The number of carbonyl (C=O) groups is 3. The second-order valence-electron chi connectivity index (χ2n) is 10.5. The van der Waals surface area contributed by atoms with Crippen LogP contribution in [0.2, 0.25) is 0 Å². The number of rotatable bonds is 10. The van der Waals surface area contributed by atoms with Gasteiger partial charge in [-0.1, -0.05) is 31.4 Å². The van der Waals surface area contributed by atoms with E-state index in [1.807, 2.05) is 24.3 Å². The van der Waals surface area contributed by atoms with Crippen molar-refractivity contribution in [2.24, 2.45) is 5.92 Å². The SMILES string of the molecule is COc1ccc(COC(=O)[C@H](CSCC2CCCCC2)NC(=O)[C@@H]2CSCN2C(=O)OC(C)(C)C)cc1. The molecule has 1 heterocycles. The second kappa shape index (κ2) is 14.2. The standard InChI is InChI=1S/C27H40N2O6S2/c1-27(2,3)35-26(32)29-18-37-17-23(29)24(30)28-22(16-36-15-20-8-6-5-7-9-20)25(31)34-14-19-10-12-21(33-4)13-11-19/h10-13,20,22-23H,5-9,14-18H2,1-4H3,(H,28,30)/t22-,23-/m0/s1. The van der Waals surface area contributed by atoms with Crippen LogP contribution in [0.4, 0.5) is 4.79 Å². The first-order chi connectivity index (χ1) is 17.7. The number of nitrogens with zero attached hydrogens (tertiary/aromatic N) is 1. The van der Waals surface area contributed by atoms with E-state index in [0.29, 0.717) is 23.3 Å². The smallest absolute Gasteiger partial charge is 0.411 e. The Morgan fingerprint density at radius 3 is 2.49 bits per heavy atom. The largest absolute Gasteiger partial charge is 0.497 e. The molecule has 2 fully saturated rings. The summed E-state index contributed by atoms with van der Waals surface area (Å²) in [4.78, 5) is 40.4. The van der Waals surface area contributed by atoms with Gasteiger partial charge in [0.2, 0.25) is 5.91 Å². The summed E-state index contributed by atoms with van der Waals surface area (Å²) in [5.74, 6) is 2.75. The third-order valence-electron chi connectivity index (χ3n) is 6.32. The number of benzene rings is 1. The minimum absolute atomic E-state index is 0.103. The van der Waals surface area contributed by atoms with Gasteiger partial charge in [-0.2, -0.15) is 11.8 Å². The molecule has 2 aliphatic rings. The van der Waals surface area contributed by atoms with Gasteiger partial charge in [-0.3, -0.25) is 9.69 Å². The summed E-state index contributed by atoms with van der Waals surface area (Å²) in [5.41, 5.74) is 0.173. The lowest BCUT2D eigenvalue weighted by Crippen LogP contribution is -2.53. The molecule has 206 valence electrons. The Hall–Kier alpha value is -2.07. The van der Waals surface area contributed by atoms with Crippen LogP contribution in [0.1, 0.15) is 58.4 Å². The number of hydrogen-bond acceptors (Lipinski definition) is 8. The molecule has 1 N–H and O–H groups in total. The van der Waals surface area contributed by atoms with Gasteiger partial charge >= 0.3 is 12.1 Å². The molecule has 2 amide bonds. The van der Waals surface area contributed by atoms with Crippen LogP contribution in [0, 0.1) is 5.92 Å². The third-order valence-corrected chi connectivity index (χ3v) is 8.61. The molecule has 3 rings (SSSR count). The van der Waals surface area contributed by atoms with Crippen LogP contribution in [-0.4, -0.2) is 70.8 Å². The van der Waals surface area contributed by atoms with E-state index < -0.39 is 29.7 Å². The monoisotopic (exact) mass is 552 g/mol. The van der Waals surface area contributed by atoms with E-state index in [1.165, 1.54) is 48.8 Å².